The highest BCUT2D eigenvalue weighted by Crippen LogP contribution is 2.36. The highest BCUT2D eigenvalue weighted by atomic mass is 16.8. The Kier molecular flexibility index (Phi) is 9.93. The summed E-state index contributed by atoms with van der Waals surface area (Å²) in [6.07, 6.45) is -14.9. The number of carbonyl (C=O) groups is 2. The fraction of sp³-hybridized carbons (Fsp3) is 0.481. The molecule has 2 aromatic rings. The molecule has 16 nitrogen and oxygen atoms in total. The summed E-state index contributed by atoms with van der Waals surface area (Å²) >= 11 is 0. The Bertz CT molecular complexity index is 1290. The third-order valence-corrected chi connectivity index (χ3v) is 6.89. The summed E-state index contributed by atoms with van der Waals surface area (Å²) in [5.41, 5.74) is -0.382. The molecule has 2 aliphatic rings. The second kappa shape index (κ2) is 13.3. The largest absolute Gasteiger partial charge is 0.504 e. The van der Waals surface area contributed by atoms with Crippen LogP contribution >= 0.6 is 0 Å². The molecule has 2 fully saturated rings. The SMILES string of the molecule is COc1ccc(C(C)=O)c(OC2OC(OCC3OCC(O)C(O)C3O)C(OC(=O)c3cc(O)c(O)c(O)c3)C(O)C2O)c1. The lowest BCUT2D eigenvalue weighted by atomic mass is 10.0. The minimum absolute atomic E-state index is 0.0790. The molecule has 43 heavy (non-hydrogen) atoms. The van der Waals surface area contributed by atoms with Crippen molar-refractivity contribution in [2.24, 2.45) is 0 Å². The highest BCUT2D eigenvalue weighted by molar-refractivity contribution is 5.97. The van der Waals surface area contributed by atoms with Gasteiger partial charge in [-0.3, -0.25) is 4.79 Å². The van der Waals surface area contributed by atoms with Crippen LogP contribution in [0.25, 0.3) is 0 Å². The number of benzene rings is 2. The molecule has 9 atom stereocenters. The van der Waals surface area contributed by atoms with E-state index in [1.165, 1.54) is 32.2 Å². The zero-order chi connectivity index (χ0) is 31.6. The molecule has 0 aromatic heterocycles. The van der Waals surface area contributed by atoms with Crippen molar-refractivity contribution in [1.29, 1.82) is 0 Å². The number of phenols is 3. The normalized spacial score (nSPS) is 30.8. The maximum atomic E-state index is 12.9. The number of carbonyl (C=O) groups excluding carboxylic acids is 2. The molecular formula is C27H32O16. The first-order valence-corrected chi connectivity index (χ1v) is 12.9. The van der Waals surface area contributed by atoms with Crippen molar-refractivity contribution < 1.29 is 78.9 Å². The van der Waals surface area contributed by atoms with Gasteiger partial charge in [-0.2, -0.15) is 0 Å². The van der Waals surface area contributed by atoms with Crippen LogP contribution in [0.4, 0.5) is 0 Å². The van der Waals surface area contributed by atoms with E-state index in [2.05, 4.69) is 0 Å². The molecule has 0 saturated carbocycles. The molecule has 0 bridgehead atoms. The Morgan fingerprint density at radius 3 is 2.21 bits per heavy atom. The van der Waals surface area contributed by atoms with E-state index in [4.69, 9.17) is 28.4 Å². The molecule has 2 aliphatic heterocycles. The fourth-order valence-corrected chi connectivity index (χ4v) is 4.42. The van der Waals surface area contributed by atoms with Gasteiger partial charge in [-0.15, -0.1) is 0 Å². The molecule has 4 rings (SSSR count). The summed E-state index contributed by atoms with van der Waals surface area (Å²) in [4.78, 5) is 25.1. The van der Waals surface area contributed by atoms with Crippen molar-refractivity contribution in [2.45, 2.75) is 62.2 Å². The number of Topliss-reactive ketones (excluding diaryl/α,β-unsaturated/α-hetero) is 1. The minimum atomic E-state index is -1.97. The van der Waals surface area contributed by atoms with Gasteiger partial charge in [0.05, 0.1) is 31.5 Å². The van der Waals surface area contributed by atoms with Crippen LogP contribution in [0.3, 0.4) is 0 Å². The first-order chi connectivity index (χ1) is 20.3. The number of phenolic OH excluding ortho intramolecular Hbond substituents is 3. The molecule has 16 heteroatoms. The van der Waals surface area contributed by atoms with Crippen molar-refractivity contribution in [3.05, 3.63) is 41.5 Å². The number of methoxy groups -OCH3 is 1. The maximum Gasteiger partial charge on any atom is 0.338 e. The molecule has 0 amide bonds. The number of ketones is 1. The molecule has 2 saturated heterocycles. The second-order valence-corrected chi connectivity index (χ2v) is 9.88. The number of ether oxygens (including phenoxy) is 6. The molecule has 2 aromatic carbocycles. The van der Waals surface area contributed by atoms with E-state index in [1.807, 2.05) is 0 Å². The van der Waals surface area contributed by atoms with E-state index in [0.29, 0.717) is 0 Å². The van der Waals surface area contributed by atoms with Crippen LogP contribution in [0.15, 0.2) is 30.3 Å². The number of aromatic hydroxyl groups is 3. The van der Waals surface area contributed by atoms with Gasteiger partial charge in [0.1, 0.15) is 48.1 Å². The Balaban J connectivity index is 1.60. The molecule has 2 heterocycles. The first-order valence-electron chi connectivity index (χ1n) is 12.9. The van der Waals surface area contributed by atoms with Crippen LogP contribution in [-0.2, 0) is 18.9 Å². The fourth-order valence-electron chi connectivity index (χ4n) is 4.42. The summed E-state index contributed by atoms with van der Waals surface area (Å²) < 4.78 is 32.8. The summed E-state index contributed by atoms with van der Waals surface area (Å²) in [7, 11) is 1.37. The van der Waals surface area contributed by atoms with Gasteiger partial charge >= 0.3 is 5.97 Å². The Morgan fingerprint density at radius 2 is 1.58 bits per heavy atom. The average molecular weight is 613 g/mol. The number of esters is 1. The predicted molar refractivity (Wildman–Crippen MR) is 139 cm³/mol. The van der Waals surface area contributed by atoms with E-state index >= 15 is 0 Å². The van der Waals surface area contributed by atoms with Crippen molar-refractivity contribution in [1.82, 2.24) is 0 Å². The summed E-state index contributed by atoms with van der Waals surface area (Å²) in [6.45, 7) is 0.376. The monoisotopic (exact) mass is 612 g/mol. The zero-order valence-corrected chi connectivity index (χ0v) is 22.8. The Morgan fingerprint density at radius 1 is 0.907 bits per heavy atom. The molecule has 8 N–H and O–H groups in total. The van der Waals surface area contributed by atoms with Crippen molar-refractivity contribution in [3.63, 3.8) is 0 Å². The van der Waals surface area contributed by atoms with Crippen LogP contribution in [0, 0.1) is 0 Å². The standard InChI is InChI=1S/C27H32O16/c1-10(28)13-4-3-12(38-2)7-17(13)41-26-23(36)22(35)24(42-25(37)11-5-14(29)19(32)15(30)6-11)27(43-26)40-9-18-21(34)20(33)16(31)8-39-18/h3-7,16,18,20-24,26-27,29-36H,8-9H2,1-2H3. The number of aliphatic hydroxyl groups is 5. The average Bonchev–Trinajstić information content (AvgIpc) is 2.97. The third kappa shape index (κ3) is 6.92. The molecule has 0 spiro atoms. The van der Waals surface area contributed by atoms with Crippen molar-refractivity contribution in [3.8, 4) is 28.7 Å². The van der Waals surface area contributed by atoms with Gasteiger partial charge < -0.3 is 69.3 Å². The van der Waals surface area contributed by atoms with Crippen LogP contribution in [0.2, 0.25) is 0 Å². The number of aliphatic hydroxyl groups excluding tert-OH is 5. The minimum Gasteiger partial charge on any atom is -0.504 e. The number of hydrogen-bond acceptors (Lipinski definition) is 16. The quantitative estimate of drug-likeness (QED) is 0.0913. The van der Waals surface area contributed by atoms with Crippen LogP contribution in [0.5, 0.6) is 28.7 Å². The summed E-state index contributed by atoms with van der Waals surface area (Å²) in [5, 5.41) is 80.9. The Labute approximate surface area is 243 Å². The van der Waals surface area contributed by atoms with Gasteiger partial charge in [0.25, 0.3) is 0 Å². The highest BCUT2D eigenvalue weighted by Gasteiger charge is 2.50. The topological polar surface area (TPSA) is 251 Å². The van der Waals surface area contributed by atoms with E-state index in [0.717, 1.165) is 12.1 Å². The van der Waals surface area contributed by atoms with E-state index in [1.54, 1.807) is 0 Å². The predicted octanol–water partition coefficient (Wildman–Crippen LogP) is -1.48. The van der Waals surface area contributed by atoms with Gasteiger partial charge in [0.2, 0.25) is 12.6 Å². The van der Waals surface area contributed by atoms with Crippen LogP contribution in [-0.4, -0.2) is 128 Å². The van der Waals surface area contributed by atoms with Gasteiger partial charge in [0, 0.05) is 6.07 Å². The summed E-state index contributed by atoms with van der Waals surface area (Å²) in [5.74, 6) is -4.05. The smallest absolute Gasteiger partial charge is 0.338 e. The second-order valence-electron chi connectivity index (χ2n) is 9.88. The maximum absolute atomic E-state index is 12.9. The molecular weight excluding hydrogens is 580 g/mol. The third-order valence-electron chi connectivity index (χ3n) is 6.89. The zero-order valence-electron chi connectivity index (χ0n) is 22.8. The molecule has 9 unspecified atom stereocenters. The summed E-state index contributed by atoms with van der Waals surface area (Å²) in [6, 6.07) is 5.79. The van der Waals surface area contributed by atoms with Gasteiger partial charge in [-0.1, -0.05) is 0 Å². The van der Waals surface area contributed by atoms with Crippen LogP contribution < -0.4 is 9.47 Å². The lowest BCUT2D eigenvalue weighted by Gasteiger charge is -2.42. The van der Waals surface area contributed by atoms with E-state index in [-0.39, 0.29) is 23.7 Å². The molecule has 0 radical (unpaired) electrons. The van der Waals surface area contributed by atoms with Gasteiger partial charge in [-0.25, -0.2) is 4.79 Å². The van der Waals surface area contributed by atoms with E-state index < -0.39 is 96.5 Å². The first kappa shape index (κ1) is 32.2. The van der Waals surface area contributed by atoms with E-state index in [9.17, 15) is 50.4 Å². The number of rotatable bonds is 9. The lowest BCUT2D eigenvalue weighted by Crippen LogP contribution is -2.62. The number of hydrogen-bond donors (Lipinski definition) is 8. The molecule has 0 aliphatic carbocycles. The molecule has 236 valence electrons. The van der Waals surface area contributed by atoms with Crippen LogP contribution in [0.1, 0.15) is 27.6 Å². The Hall–Kier alpha value is -3.74. The van der Waals surface area contributed by atoms with Crippen molar-refractivity contribution >= 4 is 11.8 Å². The van der Waals surface area contributed by atoms with Gasteiger partial charge in [-0.05, 0) is 31.2 Å². The van der Waals surface area contributed by atoms with Crippen molar-refractivity contribution in [2.75, 3.05) is 20.3 Å². The lowest BCUT2D eigenvalue weighted by molar-refractivity contribution is -0.338. The van der Waals surface area contributed by atoms with Gasteiger partial charge in [0.15, 0.2) is 29.1 Å².